The number of nitrogens with zero attached hydrogens (tertiary/aromatic N) is 3. The predicted molar refractivity (Wildman–Crippen MR) is 150 cm³/mol. The van der Waals surface area contributed by atoms with Crippen LogP contribution in [0.2, 0.25) is 0 Å². The van der Waals surface area contributed by atoms with Crippen LogP contribution >= 0.6 is 23.5 Å². The second kappa shape index (κ2) is 13.0. The number of carbonyl (C=O) groups excluding carboxylic acids is 3. The average molecular weight is 570 g/mol. The smallest absolute Gasteiger partial charge is 0.352 e. The van der Waals surface area contributed by atoms with Crippen LogP contribution in [0.4, 0.5) is 0 Å². The van der Waals surface area contributed by atoms with E-state index >= 15 is 0 Å². The van der Waals surface area contributed by atoms with Crippen molar-refractivity contribution >= 4 is 47.2 Å². The number of benzene rings is 1. The molecule has 0 spiro atoms. The number of carboxylic acid groups (broad SMARTS) is 1. The molecule has 0 saturated carbocycles. The lowest BCUT2D eigenvalue weighted by molar-refractivity contribution is -0.150. The topological polar surface area (TPSA) is 136 Å². The van der Waals surface area contributed by atoms with Crippen molar-refractivity contribution in [3.05, 3.63) is 72.0 Å². The molecule has 3 aliphatic heterocycles. The maximum Gasteiger partial charge on any atom is 0.352 e. The number of H-pyrrole nitrogens is 1. The van der Waals surface area contributed by atoms with Crippen LogP contribution < -0.4 is 5.32 Å². The predicted octanol–water partition coefficient (Wildman–Crippen LogP) is 2.74. The number of aliphatic carboxylic acids is 1. The van der Waals surface area contributed by atoms with Gasteiger partial charge in [0.1, 0.15) is 17.1 Å². The molecule has 3 amide bonds. The second-order valence-corrected chi connectivity index (χ2v) is 11.7. The number of rotatable bonds is 8. The summed E-state index contributed by atoms with van der Waals surface area (Å²) in [5.74, 6) is -1.14. The molecule has 3 N–H and O–H groups in total. The zero-order valence-corrected chi connectivity index (χ0v) is 23.3. The first-order chi connectivity index (χ1) is 18.8. The number of nitrogens with one attached hydrogen (secondary N) is 2. The van der Waals surface area contributed by atoms with Crippen molar-refractivity contribution in [3.8, 4) is 0 Å². The Hall–Kier alpha value is -3.51. The van der Waals surface area contributed by atoms with Crippen LogP contribution in [-0.2, 0) is 19.2 Å². The van der Waals surface area contributed by atoms with Gasteiger partial charge in [-0.1, -0.05) is 32.0 Å². The highest BCUT2D eigenvalue weighted by atomic mass is 32.2. The first kappa shape index (κ1) is 28.5. The molecule has 0 unspecified atom stereocenters. The minimum absolute atomic E-state index is 0.0749. The van der Waals surface area contributed by atoms with E-state index in [1.54, 1.807) is 29.7 Å². The zero-order chi connectivity index (χ0) is 27.9. The van der Waals surface area contributed by atoms with Crippen LogP contribution in [0.3, 0.4) is 0 Å². The standard InChI is InChI=1S/C24H27N3O5S2.C3H4N2/c1-14(2)11-26-9-8-15(21(26)29)10-16-12-34-23-19(22(30)27(23)20(16)24(31)32)25-18(28)13-33-17-6-4-3-5-7-17;1-2-5-3-4-1/h3-7,10,14,19,23H,8-9,11-13H2,1-2H3,(H,25,28)(H,31,32);1-3H,(H,4,5)/b15-10+;/t19-,23-;/m1./s1. The fourth-order valence-corrected chi connectivity index (χ4v) is 6.51. The van der Waals surface area contributed by atoms with Gasteiger partial charge in [0.15, 0.2) is 0 Å². The fraction of sp³-hybridized carbons (Fsp3) is 0.370. The van der Waals surface area contributed by atoms with Crippen molar-refractivity contribution in [2.75, 3.05) is 24.6 Å². The van der Waals surface area contributed by atoms with E-state index in [1.807, 2.05) is 44.2 Å². The minimum Gasteiger partial charge on any atom is -0.477 e. The van der Waals surface area contributed by atoms with Gasteiger partial charge in [0.05, 0.1) is 12.1 Å². The molecule has 0 aliphatic carbocycles. The molecule has 4 heterocycles. The van der Waals surface area contributed by atoms with Crippen molar-refractivity contribution < 1.29 is 24.3 Å². The molecule has 12 heteroatoms. The summed E-state index contributed by atoms with van der Waals surface area (Å²) in [4.78, 5) is 60.4. The fourth-order valence-electron chi connectivity index (χ4n) is 4.48. The quantitative estimate of drug-likeness (QED) is 0.251. The molecule has 1 aromatic carbocycles. The number of likely N-dealkylation sites (tertiary alicyclic amines) is 1. The number of hydrogen-bond donors (Lipinski definition) is 3. The number of fused-ring (bicyclic) bond motifs is 1. The van der Waals surface area contributed by atoms with E-state index in [2.05, 4.69) is 15.3 Å². The Morgan fingerprint density at radius 3 is 2.67 bits per heavy atom. The van der Waals surface area contributed by atoms with E-state index < -0.39 is 23.3 Å². The van der Waals surface area contributed by atoms with Crippen molar-refractivity contribution in [3.63, 3.8) is 0 Å². The highest BCUT2D eigenvalue weighted by Gasteiger charge is 2.54. The normalized spacial score (nSPS) is 21.5. The maximum atomic E-state index is 12.8. The average Bonchev–Trinajstić information content (AvgIpc) is 3.61. The summed E-state index contributed by atoms with van der Waals surface area (Å²) < 4.78 is 0. The second-order valence-electron chi connectivity index (χ2n) is 9.56. The summed E-state index contributed by atoms with van der Waals surface area (Å²) in [6.07, 6.45) is 7.28. The summed E-state index contributed by atoms with van der Waals surface area (Å²) in [6, 6.07) is 8.73. The molecule has 5 rings (SSSR count). The van der Waals surface area contributed by atoms with Gasteiger partial charge < -0.3 is 20.3 Å². The van der Waals surface area contributed by atoms with Gasteiger partial charge in [-0.15, -0.1) is 23.5 Å². The van der Waals surface area contributed by atoms with Crippen LogP contribution in [0.15, 0.2) is 76.9 Å². The third kappa shape index (κ3) is 6.93. The lowest BCUT2D eigenvalue weighted by atomic mass is 10.0. The number of carboxylic acids is 1. The van der Waals surface area contributed by atoms with Gasteiger partial charge in [-0.2, -0.15) is 0 Å². The summed E-state index contributed by atoms with van der Waals surface area (Å²) in [5.41, 5.74) is 0.936. The van der Waals surface area contributed by atoms with Gasteiger partial charge in [-0.3, -0.25) is 19.3 Å². The number of imidazole rings is 1. The largest absolute Gasteiger partial charge is 0.477 e. The molecule has 206 valence electrons. The number of amides is 3. The molecule has 2 fully saturated rings. The Morgan fingerprint density at radius 2 is 2.05 bits per heavy atom. The molecule has 39 heavy (non-hydrogen) atoms. The number of aromatic nitrogens is 2. The summed E-state index contributed by atoms with van der Waals surface area (Å²) in [5, 5.41) is 12.1. The Kier molecular flexibility index (Phi) is 9.52. The number of allylic oxidation sites excluding steroid dienone is 1. The van der Waals surface area contributed by atoms with Crippen LogP contribution in [0.25, 0.3) is 0 Å². The number of aromatic amines is 1. The Morgan fingerprint density at radius 1 is 1.28 bits per heavy atom. The van der Waals surface area contributed by atoms with Crippen molar-refractivity contribution in [2.24, 2.45) is 5.92 Å². The number of carbonyl (C=O) groups is 4. The molecule has 2 saturated heterocycles. The first-order valence-corrected chi connectivity index (χ1v) is 14.6. The van der Waals surface area contributed by atoms with Crippen LogP contribution in [0.1, 0.15) is 20.3 Å². The molecular formula is C27H31N5O5S2. The number of hydrogen-bond acceptors (Lipinski definition) is 7. The Balaban J connectivity index is 0.000000634. The van der Waals surface area contributed by atoms with Crippen LogP contribution in [-0.4, -0.2) is 84.6 Å². The zero-order valence-electron chi connectivity index (χ0n) is 21.7. The molecule has 1 aromatic heterocycles. The Bertz CT molecular complexity index is 1250. The molecule has 3 aliphatic rings. The van der Waals surface area contributed by atoms with Gasteiger partial charge in [0.2, 0.25) is 11.8 Å². The van der Waals surface area contributed by atoms with Gasteiger partial charge in [-0.25, -0.2) is 9.78 Å². The van der Waals surface area contributed by atoms with Crippen molar-refractivity contribution in [1.29, 1.82) is 0 Å². The molecular weight excluding hydrogens is 538 g/mol. The van der Waals surface area contributed by atoms with Crippen molar-refractivity contribution in [2.45, 2.75) is 36.6 Å². The molecule has 0 radical (unpaired) electrons. The Labute approximate surface area is 235 Å². The van der Waals surface area contributed by atoms with E-state index in [9.17, 15) is 24.3 Å². The molecule has 10 nitrogen and oxygen atoms in total. The van der Waals surface area contributed by atoms with E-state index in [4.69, 9.17) is 0 Å². The first-order valence-electron chi connectivity index (χ1n) is 12.6. The SMILES string of the molecule is CC(C)CN1CC/C(=C\C2=C(C(=O)O)N3C(=O)[C@@H](NC(=O)CSc4ccccc4)[C@H]3SC2)C1=O.c1c[nH]cn1. The van der Waals surface area contributed by atoms with Crippen LogP contribution in [0.5, 0.6) is 0 Å². The summed E-state index contributed by atoms with van der Waals surface area (Å²) in [6.45, 7) is 5.37. The highest BCUT2D eigenvalue weighted by Crippen LogP contribution is 2.41. The maximum absolute atomic E-state index is 12.8. The summed E-state index contributed by atoms with van der Waals surface area (Å²) in [7, 11) is 0. The van der Waals surface area contributed by atoms with E-state index in [1.165, 1.54) is 28.4 Å². The monoisotopic (exact) mass is 569 g/mol. The number of thioether (sulfide) groups is 2. The number of β-lactam (4-membered cyclic amide) rings is 1. The van der Waals surface area contributed by atoms with E-state index in [0.717, 1.165) is 4.90 Å². The van der Waals surface area contributed by atoms with Gasteiger partial charge in [-0.05, 0) is 36.1 Å². The molecule has 0 bridgehead atoms. The lowest BCUT2D eigenvalue weighted by Gasteiger charge is -2.49. The van der Waals surface area contributed by atoms with Crippen LogP contribution in [0, 0.1) is 5.92 Å². The van der Waals surface area contributed by atoms with Gasteiger partial charge >= 0.3 is 5.97 Å². The van der Waals surface area contributed by atoms with E-state index in [0.29, 0.717) is 42.3 Å². The third-order valence-corrected chi connectivity index (χ3v) is 8.50. The lowest BCUT2D eigenvalue weighted by Crippen LogP contribution is -2.70. The third-order valence-electron chi connectivity index (χ3n) is 6.18. The molecule has 2 atom stereocenters. The van der Waals surface area contributed by atoms with E-state index in [-0.39, 0.29) is 23.3 Å². The minimum atomic E-state index is -1.21. The van der Waals surface area contributed by atoms with Gasteiger partial charge in [0, 0.05) is 41.7 Å². The highest BCUT2D eigenvalue weighted by molar-refractivity contribution is 8.00. The van der Waals surface area contributed by atoms with Crippen molar-refractivity contribution in [1.82, 2.24) is 25.1 Å². The van der Waals surface area contributed by atoms with Gasteiger partial charge in [0.25, 0.3) is 5.91 Å². The summed E-state index contributed by atoms with van der Waals surface area (Å²) >= 11 is 2.77. The molecule has 2 aromatic rings.